The molecule has 1 saturated heterocycles. The largest absolute Gasteiger partial charge is 0.304 e. The number of rotatable bonds is 1. The zero-order chi connectivity index (χ0) is 9.97. The maximum Gasteiger partial charge on any atom is 0.294 e. The smallest absolute Gasteiger partial charge is 0.294 e. The topological polar surface area (TPSA) is 50.3 Å². The highest BCUT2D eigenvalue weighted by atomic mass is 16.2. The predicted octanol–water partition coefficient (Wildman–Crippen LogP) is 0.777. The number of anilines is 1. The van der Waals surface area contributed by atoms with Gasteiger partial charge in [-0.15, -0.1) is 0 Å². The van der Waals surface area contributed by atoms with Crippen molar-refractivity contribution in [2.75, 3.05) is 11.4 Å². The molecule has 0 radical (unpaired) electrons. The van der Waals surface area contributed by atoms with Crippen LogP contribution in [0.4, 0.5) is 5.69 Å². The third-order valence-electron chi connectivity index (χ3n) is 2.23. The molecule has 0 atom stereocenters. The minimum absolute atomic E-state index is 0.305. The van der Waals surface area contributed by atoms with Gasteiger partial charge in [-0.05, 0) is 18.6 Å². The van der Waals surface area contributed by atoms with Crippen molar-refractivity contribution in [3.05, 3.63) is 24.5 Å². The first-order valence-corrected chi connectivity index (χ1v) is 4.54. The molecule has 4 heteroatoms. The highest BCUT2D eigenvalue weighted by Crippen LogP contribution is 2.17. The lowest BCUT2D eigenvalue weighted by Crippen LogP contribution is -2.41. The number of hydrogen-bond donors (Lipinski definition) is 0. The number of carbonyl (C=O) groups is 2. The molecule has 0 bridgehead atoms. The second-order valence-electron chi connectivity index (χ2n) is 3.19. The van der Waals surface area contributed by atoms with E-state index >= 15 is 0 Å². The molecule has 1 aromatic rings. The van der Waals surface area contributed by atoms with E-state index in [1.807, 2.05) is 0 Å². The van der Waals surface area contributed by atoms with Crippen LogP contribution in [0.1, 0.15) is 12.8 Å². The molecule has 72 valence electrons. The van der Waals surface area contributed by atoms with Crippen molar-refractivity contribution in [3.8, 4) is 0 Å². The lowest BCUT2D eigenvalue weighted by Gasteiger charge is -2.25. The number of carbonyl (C=O) groups excluding carboxylic acids is 2. The van der Waals surface area contributed by atoms with Gasteiger partial charge in [0.2, 0.25) is 5.78 Å². The zero-order valence-electron chi connectivity index (χ0n) is 7.64. The molecule has 2 rings (SSSR count). The summed E-state index contributed by atoms with van der Waals surface area (Å²) in [4.78, 5) is 28.0. The minimum atomic E-state index is -0.413. The molecule has 1 aromatic heterocycles. The molecule has 1 amide bonds. The summed E-state index contributed by atoms with van der Waals surface area (Å²) in [5.41, 5.74) is 0.700. The second kappa shape index (κ2) is 3.57. The lowest BCUT2D eigenvalue weighted by molar-refractivity contribution is -0.137. The number of amides is 1. The summed E-state index contributed by atoms with van der Waals surface area (Å²) >= 11 is 0. The Balaban J connectivity index is 2.26. The van der Waals surface area contributed by atoms with Crippen LogP contribution in [-0.2, 0) is 9.59 Å². The van der Waals surface area contributed by atoms with Crippen LogP contribution in [-0.4, -0.2) is 23.2 Å². The van der Waals surface area contributed by atoms with Gasteiger partial charge in [0, 0.05) is 19.2 Å². The summed E-state index contributed by atoms with van der Waals surface area (Å²) in [6.07, 6.45) is 4.34. The fraction of sp³-hybridized carbons (Fsp3) is 0.300. The van der Waals surface area contributed by atoms with Crippen LogP contribution in [0.5, 0.6) is 0 Å². The molecule has 0 aromatic carbocycles. The molecular formula is C10H10N2O2. The van der Waals surface area contributed by atoms with E-state index in [-0.39, 0.29) is 5.78 Å². The molecule has 1 fully saturated rings. The summed E-state index contributed by atoms with van der Waals surface area (Å²) in [5.74, 6) is -0.718. The SMILES string of the molecule is O=C1CCCN(c2cccnc2)C1=O. The van der Waals surface area contributed by atoms with Gasteiger partial charge in [-0.2, -0.15) is 0 Å². The highest BCUT2D eigenvalue weighted by Gasteiger charge is 2.27. The Morgan fingerprint density at radius 1 is 1.36 bits per heavy atom. The summed E-state index contributed by atoms with van der Waals surface area (Å²) < 4.78 is 0. The first-order valence-electron chi connectivity index (χ1n) is 4.54. The average molecular weight is 190 g/mol. The number of piperidine rings is 1. The number of pyridine rings is 1. The van der Waals surface area contributed by atoms with Crippen molar-refractivity contribution in [1.82, 2.24) is 4.98 Å². The van der Waals surface area contributed by atoms with Crippen LogP contribution in [0, 0.1) is 0 Å². The van der Waals surface area contributed by atoms with Gasteiger partial charge >= 0.3 is 0 Å². The van der Waals surface area contributed by atoms with Crippen LogP contribution >= 0.6 is 0 Å². The van der Waals surface area contributed by atoms with Crippen LogP contribution in [0.15, 0.2) is 24.5 Å². The number of hydrogen-bond acceptors (Lipinski definition) is 3. The monoisotopic (exact) mass is 190 g/mol. The third-order valence-corrected chi connectivity index (χ3v) is 2.23. The van der Waals surface area contributed by atoms with Crippen LogP contribution in [0.2, 0.25) is 0 Å². The number of nitrogens with zero attached hydrogens (tertiary/aromatic N) is 2. The van der Waals surface area contributed by atoms with Crippen molar-refractivity contribution in [1.29, 1.82) is 0 Å². The van der Waals surface area contributed by atoms with E-state index in [9.17, 15) is 9.59 Å². The molecule has 0 unspecified atom stereocenters. The van der Waals surface area contributed by atoms with E-state index < -0.39 is 5.91 Å². The van der Waals surface area contributed by atoms with Crippen LogP contribution in [0.25, 0.3) is 0 Å². The van der Waals surface area contributed by atoms with Gasteiger partial charge in [0.1, 0.15) is 0 Å². The van der Waals surface area contributed by atoms with E-state index in [4.69, 9.17) is 0 Å². The van der Waals surface area contributed by atoms with E-state index in [0.29, 0.717) is 18.7 Å². The second-order valence-corrected chi connectivity index (χ2v) is 3.19. The summed E-state index contributed by atoms with van der Waals surface area (Å²) in [6, 6.07) is 3.53. The maximum absolute atomic E-state index is 11.5. The molecule has 0 aliphatic carbocycles. The molecule has 0 N–H and O–H groups in total. The predicted molar refractivity (Wildman–Crippen MR) is 50.8 cm³/mol. The van der Waals surface area contributed by atoms with Gasteiger partial charge in [-0.3, -0.25) is 14.6 Å². The molecular weight excluding hydrogens is 180 g/mol. The number of aromatic nitrogens is 1. The first-order chi connectivity index (χ1) is 6.79. The third kappa shape index (κ3) is 1.51. The van der Waals surface area contributed by atoms with Crippen LogP contribution in [0.3, 0.4) is 0 Å². The van der Waals surface area contributed by atoms with Crippen LogP contribution < -0.4 is 4.90 Å². The molecule has 4 nitrogen and oxygen atoms in total. The van der Waals surface area contributed by atoms with Gasteiger partial charge in [-0.25, -0.2) is 0 Å². The molecule has 0 spiro atoms. The van der Waals surface area contributed by atoms with Gasteiger partial charge in [0.25, 0.3) is 5.91 Å². The standard InChI is InChI=1S/C10H10N2O2/c13-9-4-2-6-12(10(9)14)8-3-1-5-11-7-8/h1,3,5,7H,2,4,6H2. The summed E-state index contributed by atoms with van der Waals surface area (Å²) in [7, 11) is 0. The van der Waals surface area contributed by atoms with Gasteiger partial charge < -0.3 is 4.90 Å². The Morgan fingerprint density at radius 2 is 2.21 bits per heavy atom. The highest BCUT2D eigenvalue weighted by molar-refractivity contribution is 6.41. The van der Waals surface area contributed by atoms with Gasteiger partial charge in [0.05, 0.1) is 11.9 Å². The quantitative estimate of drug-likeness (QED) is 0.615. The van der Waals surface area contributed by atoms with Crippen molar-refractivity contribution < 1.29 is 9.59 Å². The van der Waals surface area contributed by atoms with Crippen molar-refractivity contribution in [2.45, 2.75) is 12.8 Å². The van der Waals surface area contributed by atoms with Gasteiger partial charge in [-0.1, -0.05) is 0 Å². The van der Waals surface area contributed by atoms with E-state index in [2.05, 4.69) is 4.98 Å². The minimum Gasteiger partial charge on any atom is -0.304 e. The lowest BCUT2D eigenvalue weighted by atomic mass is 10.1. The molecule has 1 aliphatic heterocycles. The Bertz CT molecular complexity index is 362. The van der Waals surface area contributed by atoms with Crippen molar-refractivity contribution >= 4 is 17.4 Å². The average Bonchev–Trinajstić information content (AvgIpc) is 2.23. The molecule has 1 aliphatic rings. The molecule has 2 heterocycles. The van der Waals surface area contributed by atoms with Crippen molar-refractivity contribution in [3.63, 3.8) is 0 Å². The fourth-order valence-corrected chi connectivity index (χ4v) is 1.52. The summed E-state index contributed by atoms with van der Waals surface area (Å²) in [5, 5.41) is 0. The zero-order valence-corrected chi connectivity index (χ0v) is 7.64. The Kier molecular flexibility index (Phi) is 2.26. The first kappa shape index (κ1) is 8.87. The molecule has 14 heavy (non-hydrogen) atoms. The Hall–Kier alpha value is -1.71. The maximum atomic E-state index is 11.5. The Labute approximate surface area is 81.6 Å². The normalized spacial score (nSPS) is 17.3. The Morgan fingerprint density at radius 3 is 2.93 bits per heavy atom. The van der Waals surface area contributed by atoms with E-state index in [1.165, 1.54) is 4.90 Å². The molecule has 0 saturated carbocycles. The number of Topliss-reactive ketones (excluding diaryl/α,β-unsaturated/α-hetero) is 1. The van der Waals surface area contributed by atoms with Crippen molar-refractivity contribution in [2.24, 2.45) is 0 Å². The number of ketones is 1. The van der Waals surface area contributed by atoms with E-state index in [1.54, 1.807) is 24.5 Å². The fourth-order valence-electron chi connectivity index (χ4n) is 1.52. The summed E-state index contributed by atoms with van der Waals surface area (Å²) in [6.45, 7) is 0.607. The van der Waals surface area contributed by atoms with Gasteiger partial charge in [0.15, 0.2) is 0 Å². The van der Waals surface area contributed by atoms with E-state index in [0.717, 1.165) is 6.42 Å².